The summed E-state index contributed by atoms with van der Waals surface area (Å²) in [6.45, 7) is 0. The summed E-state index contributed by atoms with van der Waals surface area (Å²) >= 11 is 3.61. The molecule has 0 saturated carbocycles. The van der Waals surface area contributed by atoms with Crippen molar-refractivity contribution in [3.63, 3.8) is 0 Å². The molecule has 0 saturated heterocycles. The van der Waals surface area contributed by atoms with Gasteiger partial charge >= 0.3 is 0 Å². The molecule has 0 aliphatic rings. The van der Waals surface area contributed by atoms with Crippen LogP contribution < -0.4 is 4.90 Å². The largest absolute Gasteiger partial charge is 0.378 e. The number of nitrogens with zero attached hydrogens (tertiary/aromatic N) is 1. The normalized spacial score (nSPS) is 10.7. The molecule has 3 aromatic carbocycles. The third-order valence-electron chi connectivity index (χ3n) is 4.32. The van der Waals surface area contributed by atoms with Gasteiger partial charge < -0.3 is 4.90 Å². The minimum Gasteiger partial charge on any atom is -0.378 e. The van der Waals surface area contributed by atoms with Gasteiger partial charge in [-0.15, -0.1) is 23.5 Å². The van der Waals surface area contributed by atoms with Gasteiger partial charge in [-0.25, -0.2) is 0 Å². The molecule has 128 valence electrons. The fourth-order valence-electron chi connectivity index (χ4n) is 2.91. The van der Waals surface area contributed by atoms with E-state index in [9.17, 15) is 0 Å². The lowest BCUT2D eigenvalue weighted by Crippen LogP contribution is -2.07. The molecule has 0 fully saturated rings. The van der Waals surface area contributed by atoms with Crippen LogP contribution in [0.1, 0.15) is 0 Å². The van der Waals surface area contributed by atoms with Crippen molar-refractivity contribution in [1.82, 2.24) is 0 Å². The summed E-state index contributed by atoms with van der Waals surface area (Å²) in [5.41, 5.74) is 6.37. The molecular weight excluding hydrogens is 342 g/mol. The van der Waals surface area contributed by atoms with Crippen LogP contribution in [0.5, 0.6) is 0 Å². The summed E-state index contributed by atoms with van der Waals surface area (Å²) in [6, 6.07) is 24.2. The van der Waals surface area contributed by atoms with E-state index < -0.39 is 0 Å². The van der Waals surface area contributed by atoms with Gasteiger partial charge in [-0.05, 0) is 59.0 Å². The highest BCUT2D eigenvalue weighted by Crippen LogP contribution is 2.38. The van der Waals surface area contributed by atoms with E-state index in [4.69, 9.17) is 0 Å². The zero-order valence-corrected chi connectivity index (χ0v) is 16.7. The molecule has 3 aromatic rings. The first-order chi connectivity index (χ1) is 12.1. The summed E-state index contributed by atoms with van der Waals surface area (Å²) in [5.74, 6) is 0. The number of thioether (sulfide) groups is 2. The summed E-state index contributed by atoms with van der Waals surface area (Å²) in [5, 5.41) is 0. The predicted molar refractivity (Wildman–Crippen MR) is 115 cm³/mol. The summed E-state index contributed by atoms with van der Waals surface area (Å²) in [7, 11) is 4.14. The zero-order valence-electron chi connectivity index (χ0n) is 15.1. The van der Waals surface area contributed by atoms with Gasteiger partial charge in [0.05, 0.1) is 0 Å². The highest BCUT2D eigenvalue weighted by molar-refractivity contribution is 7.99. The Morgan fingerprint density at radius 2 is 1.24 bits per heavy atom. The van der Waals surface area contributed by atoms with E-state index in [0.29, 0.717) is 0 Å². The van der Waals surface area contributed by atoms with Gasteiger partial charge in [-0.1, -0.05) is 42.5 Å². The standard InChI is InChI=1S/C22H23NS2/c1-23(2)18-12-9-16(10-13-18)17-11-14-20(22(15-17)25-4)19-7-5-6-8-21(19)24-3/h5-15H,1-4H3. The monoisotopic (exact) mass is 365 g/mol. The lowest BCUT2D eigenvalue weighted by molar-refractivity contribution is 1.13. The van der Waals surface area contributed by atoms with Crippen molar-refractivity contribution in [1.29, 1.82) is 0 Å². The van der Waals surface area contributed by atoms with Gasteiger partial charge in [0.2, 0.25) is 0 Å². The molecule has 0 N–H and O–H groups in total. The van der Waals surface area contributed by atoms with Gasteiger partial charge in [-0.2, -0.15) is 0 Å². The molecule has 1 nitrogen and oxygen atoms in total. The lowest BCUT2D eigenvalue weighted by Gasteiger charge is -2.15. The molecule has 3 heteroatoms. The van der Waals surface area contributed by atoms with E-state index in [1.807, 2.05) is 11.8 Å². The third-order valence-corrected chi connectivity index (χ3v) is 5.89. The van der Waals surface area contributed by atoms with Crippen molar-refractivity contribution in [2.75, 3.05) is 31.5 Å². The minimum atomic E-state index is 1.22. The van der Waals surface area contributed by atoms with E-state index in [-0.39, 0.29) is 0 Å². The maximum Gasteiger partial charge on any atom is 0.0361 e. The van der Waals surface area contributed by atoms with Gasteiger partial charge in [-0.3, -0.25) is 0 Å². The van der Waals surface area contributed by atoms with Crippen LogP contribution in [-0.4, -0.2) is 26.6 Å². The molecule has 3 rings (SSSR count). The predicted octanol–water partition coefficient (Wildman–Crippen LogP) is 6.53. The Labute approximate surface area is 159 Å². The molecule has 0 radical (unpaired) electrons. The molecule has 0 aliphatic carbocycles. The van der Waals surface area contributed by atoms with E-state index in [1.54, 1.807) is 11.8 Å². The molecule has 0 spiro atoms. The first kappa shape index (κ1) is 18.0. The number of rotatable bonds is 5. The van der Waals surface area contributed by atoms with Gasteiger partial charge in [0.1, 0.15) is 0 Å². The van der Waals surface area contributed by atoms with Crippen molar-refractivity contribution < 1.29 is 0 Å². The third kappa shape index (κ3) is 3.88. The zero-order chi connectivity index (χ0) is 17.8. The molecule has 0 atom stereocenters. The molecule has 0 unspecified atom stereocenters. The second-order valence-corrected chi connectivity index (χ2v) is 7.75. The number of anilines is 1. The van der Waals surface area contributed by atoms with Crippen LogP contribution in [0, 0.1) is 0 Å². The van der Waals surface area contributed by atoms with Crippen molar-refractivity contribution in [2.45, 2.75) is 9.79 Å². The maximum atomic E-state index is 2.31. The van der Waals surface area contributed by atoms with E-state index >= 15 is 0 Å². The minimum absolute atomic E-state index is 1.22. The molecule has 25 heavy (non-hydrogen) atoms. The highest BCUT2D eigenvalue weighted by atomic mass is 32.2. The average Bonchev–Trinajstić information content (AvgIpc) is 2.67. The van der Waals surface area contributed by atoms with E-state index in [0.717, 1.165) is 0 Å². The van der Waals surface area contributed by atoms with Crippen LogP contribution in [0.25, 0.3) is 22.3 Å². The Kier molecular flexibility index (Phi) is 5.77. The summed E-state index contributed by atoms with van der Waals surface area (Å²) in [6.07, 6.45) is 4.29. The molecule has 0 bridgehead atoms. The van der Waals surface area contributed by atoms with E-state index in [1.165, 1.54) is 37.7 Å². The Morgan fingerprint density at radius 3 is 1.88 bits per heavy atom. The van der Waals surface area contributed by atoms with E-state index in [2.05, 4.69) is 98.2 Å². The lowest BCUT2D eigenvalue weighted by atomic mass is 10.00. The van der Waals surface area contributed by atoms with Crippen LogP contribution in [0.3, 0.4) is 0 Å². The first-order valence-electron chi connectivity index (χ1n) is 8.23. The maximum absolute atomic E-state index is 2.31. The van der Waals surface area contributed by atoms with Crippen molar-refractivity contribution >= 4 is 29.2 Å². The number of hydrogen-bond donors (Lipinski definition) is 0. The highest BCUT2D eigenvalue weighted by Gasteiger charge is 2.10. The first-order valence-corrected chi connectivity index (χ1v) is 10.7. The summed E-state index contributed by atoms with van der Waals surface area (Å²) in [4.78, 5) is 4.76. The number of benzene rings is 3. The topological polar surface area (TPSA) is 3.24 Å². The van der Waals surface area contributed by atoms with Crippen LogP contribution >= 0.6 is 23.5 Å². The Hall–Kier alpha value is -1.84. The quantitative estimate of drug-likeness (QED) is 0.473. The molecule has 0 amide bonds. The number of hydrogen-bond acceptors (Lipinski definition) is 3. The van der Waals surface area contributed by atoms with Crippen LogP contribution in [0.4, 0.5) is 5.69 Å². The molecule has 0 aliphatic heterocycles. The Balaban J connectivity index is 2.02. The second kappa shape index (κ2) is 8.03. The molecule has 0 heterocycles. The van der Waals surface area contributed by atoms with Crippen LogP contribution in [0.2, 0.25) is 0 Å². The van der Waals surface area contributed by atoms with Gasteiger partial charge in [0.25, 0.3) is 0 Å². The van der Waals surface area contributed by atoms with Crippen LogP contribution in [0.15, 0.2) is 76.5 Å². The molecule has 0 aromatic heterocycles. The van der Waals surface area contributed by atoms with Gasteiger partial charge in [0.15, 0.2) is 0 Å². The van der Waals surface area contributed by atoms with Crippen molar-refractivity contribution in [3.8, 4) is 22.3 Å². The molecular formula is C22H23NS2. The van der Waals surface area contributed by atoms with Gasteiger partial charge in [0, 0.05) is 29.6 Å². The fourth-order valence-corrected chi connectivity index (χ4v) is 4.17. The van der Waals surface area contributed by atoms with Crippen molar-refractivity contribution in [2.24, 2.45) is 0 Å². The second-order valence-electron chi connectivity index (χ2n) is 6.06. The Morgan fingerprint density at radius 1 is 0.640 bits per heavy atom. The summed E-state index contributed by atoms with van der Waals surface area (Å²) < 4.78 is 0. The fraction of sp³-hybridized carbons (Fsp3) is 0.182. The SMILES string of the molecule is CSc1ccccc1-c1ccc(-c2ccc(N(C)C)cc2)cc1SC. The smallest absolute Gasteiger partial charge is 0.0361 e. The van der Waals surface area contributed by atoms with Crippen molar-refractivity contribution in [3.05, 3.63) is 66.7 Å². The van der Waals surface area contributed by atoms with Crippen LogP contribution in [-0.2, 0) is 0 Å². The Bertz CT molecular complexity index is 854. The average molecular weight is 366 g/mol.